The molecule has 108 valence electrons. The third-order valence-corrected chi connectivity index (χ3v) is 2.89. The lowest BCUT2D eigenvalue weighted by Crippen LogP contribution is -2.39. The number of carbonyl (C=O) groups is 3. The van der Waals surface area contributed by atoms with Crippen LogP contribution in [0.3, 0.4) is 0 Å². The Labute approximate surface area is 123 Å². The van der Waals surface area contributed by atoms with E-state index in [0.717, 1.165) is 12.1 Å². The number of carboxylic acid groups (broad SMARTS) is 1. The fraction of sp³-hybridized carbons (Fsp3) is 0.182. The van der Waals surface area contributed by atoms with E-state index in [1.165, 1.54) is 0 Å². The number of benzene rings is 1. The summed E-state index contributed by atoms with van der Waals surface area (Å²) in [6, 6.07) is 1.11. The van der Waals surface area contributed by atoms with Gasteiger partial charge in [-0.3, -0.25) is 9.59 Å². The number of carbonyl (C=O) groups excluding carboxylic acids is 2. The van der Waals surface area contributed by atoms with Gasteiger partial charge in [-0.2, -0.15) is 0 Å². The summed E-state index contributed by atoms with van der Waals surface area (Å²) in [6.07, 6.45) is -0.339. The molecule has 20 heavy (non-hydrogen) atoms. The first-order chi connectivity index (χ1) is 9.22. The van der Waals surface area contributed by atoms with Crippen molar-refractivity contribution in [1.82, 2.24) is 0 Å². The standard InChI is InChI=1S/C11H11Cl2N3O4/c12-5-1-4(11(19)20)2-6(13)9(5)16-10(18)7(14)3-8(15)17/h1-2,7H,3,14H2,(H2,15,17)(H,16,18)(H,19,20). The topological polar surface area (TPSA) is 136 Å². The maximum Gasteiger partial charge on any atom is 0.335 e. The van der Waals surface area contributed by atoms with Crippen LogP contribution in [-0.2, 0) is 9.59 Å². The summed E-state index contributed by atoms with van der Waals surface area (Å²) < 4.78 is 0. The average molecular weight is 320 g/mol. The first kappa shape index (κ1) is 16.2. The minimum Gasteiger partial charge on any atom is -0.478 e. The van der Waals surface area contributed by atoms with Crippen molar-refractivity contribution in [2.45, 2.75) is 12.5 Å². The van der Waals surface area contributed by atoms with Gasteiger partial charge in [-0.25, -0.2) is 4.79 Å². The highest BCUT2D eigenvalue weighted by molar-refractivity contribution is 6.40. The Bertz CT molecular complexity index is 554. The van der Waals surface area contributed by atoms with E-state index in [9.17, 15) is 14.4 Å². The molecule has 0 aromatic heterocycles. The molecular formula is C11H11Cl2N3O4. The van der Waals surface area contributed by atoms with Gasteiger partial charge in [0.05, 0.1) is 33.8 Å². The Morgan fingerprint density at radius 2 is 1.75 bits per heavy atom. The number of primary amides is 1. The van der Waals surface area contributed by atoms with Crippen LogP contribution in [-0.4, -0.2) is 28.9 Å². The zero-order valence-electron chi connectivity index (χ0n) is 10.0. The SMILES string of the molecule is NC(=O)CC(N)C(=O)Nc1c(Cl)cc(C(=O)O)cc1Cl. The Morgan fingerprint density at radius 1 is 1.25 bits per heavy atom. The van der Waals surface area contributed by atoms with Crippen LogP contribution in [0.15, 0.2) is 12.1 Å². The first-order valence-corrected chi connectivity index (χ1v) is 6.05. The van der Waals surface area contributed by atoms with Crippen LogP contribution in [0.5, 0.6) is 0 Å². The molecule has 0 aliphatic carbocycles. The van der Waals surface area contributed by atoms with Gasteiger partial charge in [0.2, 0.25) is 11.8 Å². The van der Waals surface area contributed by atoms with Crippen LogP contribution < -0.4 is 16.8 Å². The van der Waals surface area contributed by atoms with Gasteiger partial charge in [0.1, 0.15) is 0 Å². The zero-order valence-corrected chi connectivity index (χ0v) is 11.5. The zero-order chi connectivity index (χ0) is 15.4. The van der Waals surface area contributed by atoms with E-state index in [1.807, 2.05) is 0 Å². The second-order valence-corrected chi connectivity index (χ2v) is 4.70. The number of hydrogen-bond acceptors (Lipinski definition) is 4. The lowest BCUT2D eigenvalue weighted by atomic mass is 10.1. The van der Waals surface area contributed by atoms with Gasteiger partial charge in [0.25, 0.3) is 0 Å². The molecule has 0 aliphatic heterocycles. The van der Waals surface area contributed by atoms with E-state index >= 15 is 0 Å². The molecule has 1 aromatic carbocycles. The van der Waals surface area contributed by atoms with Gasteiger partial charge in [-0.1, -0.05) is 23.2 Å². The lowest BCUT2D eigenvalue weighted by molar-refractivity contribution is -0.123. The third-order valence-electron chi connectivity index (χ3n) is 2.30. The predicted molar refractivity (Wildman–Crippen MR) is 73.8 cm³/mol. The van der Waals surface area contributed by atoms with E-state index < -0.39 is 23.8 Å². The lowest BCUT2D eigenvalue weighted by Gasteiger charge is -2.13. The summed E-state index contributed by atoms with van der Waals surface area (Å²) >= 11 is 11.7. The molecule has 1 aromatic rings. The van der Waals surface area contributed by atoms with Crippen LogP contribution in [0, 0.1) is 0 Å². The van der Waals surface area contributed by atoms with Crippen molar-refractivity contribution in [2.75, 3.05) is 5.32 Å². The second kappa shape index (κ2) is 6.56. The van der Waals surface area contributed by atoms with Crippen molar-refractivity contribution >= 4 is 46.7 Å². The smallest absolute Gasteiger partial charge is 0.335 e. The van der Waals surface area contributed by atoms with Crippen molar-refractivity contribution in [3.05, 3.63) is 27.7 Å². The molecule has 0 saturated carbocycles. The van der Waals surface area contributed by atoms with Gasteiger partial charge in [-0.15, -0.1) is 0 Å². The number of carboxylic acids is 1. The number of halogens is 2. The molecular weight excluding hydrogens is 309 g/mol. The molecule has 2 amide bonds. The average Bonchev–Trinajstić information content (AvgIpc) is 2.32. The molecule has 0 saturated heterocycles. The fourth-order valence-electron chi connectivity index (χ4n) is 1.34. The van der Waals surface area contributed by atoms with Crippen molar-refractivity contribution < 1.29 is 19.5 Å². The Kier molecular flexibility index (Phi) is 5.32. The van der Waals surface area contributed by atoms with Crippen molar-refractivity contribution in [1.29, 1.82) is 0 Å². The number of hydrogen-bond donors (Lipinski definition) is 4. The van der Waals surface area contributed by atoms with Crippen molar-refractivity contribution in [2.24, 2.45) is 11.5 Å². The molecule has 1 rings (SSSR count). The van der Waals surface area contributed by atoms with Crippen LogP contribution in [0.4, 0.5) is 5.69 Å². The molecule has 1 atom stereocenters. The molecule has 0 radical (unpaired) electrons. The van der Waals surface area contributed by atoms with E-state index in [1.54, 1.807) is 0 Å². The monoisotopic (exact) mass is 319 g/mol. The van der Waals surface area contributed by atoms with E-state index in [0.29, 0.717) is 0 Å². The minimum atomic E-state index is -1.21. The van der Waals surface area contributed by atoms with Crippen LogP contribution in [0.1, 0.15) is 16.8 Å². The Hall–Kier alpha value is -1.83. The van der Waals surface area contributed by atoms with Crippen LogP contribution in [0.2, 0.25) is 10.0 Å². The van der Waals surface area contributed by atoms with Gasteiger partial charge < -0.3 is 21.9 Å². The minimum absolute atomic E-state index is 0.0169. The Morgan fingerprint density at radius 3 is 2.15 bits per heavy atom. The fourth-order valence-corrected chi connectivity index (χ4v) is 1.92. The summed E-state index contributed by atoms with van der Waals surface area (Å²) in [5.74, 6) is -2.65. The number of rotatable bonds is 5. The van der Waals surface area contributed by atoms with E-state index in [4.69, 9.17) is 39.8 Å². The second-order valence-electron chi connectivity index (χ2n) is 3.89. The molecule has 0 bridgehead atoms. The van der Waals surface area contributed by atoms with Crippen molar-refractivity contribution in [3.8, 4) is 0 Å². The number of anilines is 1. The van der Waals surface area contributed by atoms with E-state index in [-0.39, 0.29) is 27.7 Å². The molecule has 0 heterocycles. The summed E-state index contributed by atoms with van der Waals surface area (Å²) in [6.45, 7) is 0. The molecule has 9 heteroatoms. The summed E-state index contributed by atoms with van der Waals surface area (Å²) in [4.78, 5) is 33.2. The highest BCUT2D eigenvalue weighted by atomic mass is 35.5. The summed E-state index contributed by atoms with van der Waals surface area (Å²) in [5.41, 5.74) is 10.3. The molecule has 0 aliphatic rings. The van der Waals surface area contributed by atoms with Crippen LogP contribution in [0.25, 0.3) is 0 Å². The van der Waals surface area contributed by atoms with Gasteiger partial charge in [0, 0.05) is 0 Å². The molecule has 6 N–H and O–H groups in total. The number of nitrogens with two attached hydrogens (primary N) is 2. The number of aromatic carboxylic acids is 1. The number of amides is 2. The van der Waals surface area contributed by atoms with Crippen LogP contribution >= 0.6 is 23.2 Å². The maximum atomic E-state index is 11.7. The largest absolute Gasteiger partial charge is 0.478 e. The van der Waals surface area contributed by atoms with Gasteiger partial charge in [0.15, 0.2) is 0 Å². The first-order valence-electron chi connectivity index (χ1n) is 5.29. The molecule has 1 unspecified atom stereocenters. The third kappa shape index (κ3) is 4.09. The normalized spacial score (nSPS) is 11.8. The predicted octanol–water partition coefficient (Wildman–Crippen LogP) is 0.833. The summed E-state index contributed by atoms with van der Waals surface area (Å²) in [7, 11) is 0. The molecule has 0 spiro atoms. The van der Waals surface area contributed by atoms with Gasteiger partial charge >= 0.3 is 5.97 Å². The van der Waals surface area contributed by atoms with E-state index in [2.05, 4.69) is 5.32 Å². The maximum absolute atomic E-state index is 11.7. The highest BCUT2D eigenvalue weighted by Gasteiger charge is 2.19. The van der Waals surface area contributed by atoms with Crippen molar-refractivity contribution in [3.63, 3.8) is 0 Å². The Balaban J connectivity index is 2.96. The molecule has 0 fully saturated rings. The van der Waals surface area contributed by atoms with Gasteiger partial charge in [-0.05, 0) is 12.1 Å². The number of nitrogens with one attached hydrogen (secondary N) is 1. The summed E-state index contributed by atoms with van der Waals surface area (Å²) in [5, 5.41) is 11.0. The highest BCUT2D eigenvalue weighted by Crippen LogP contribution is 2.32. The quantitative estimate of drug-likeness (QED) is 0.637. The molecule has 7 nitrogen and oxygen atoms in total.